The molecular formula is C10H12ClF2NO2S. The third kappa shape index (κ3) is 4.22. The zero-order valence-corrected chi connectivity index (χ0v) is 10.7. The van der Waals surface area contributed by atoms with Crippen LogP contribution in [0, 0.1) is 0 Å². The van der Waals surface area contributed by atoms with Crippen LogP contribution in [0.25, 0.3) is 0 Å². The summed E-state index contributed by atoms with van der Waals surface area (Å²) in [5, 5.41) is 2.70. The van der Waals surface area contributed by atoms with Crippen molar-refractivity contribution < 1.29 is 17.2 Å². The first-order valence-electron chi connectivity index (χ1n) is 4.78. The number of rotatable bonds is 5. The highest BCUT2D eigenvalue weighted by atomic mass is 35.5. The van der Waals surface area contributed by atoms with E-state index in [1.165, 1.54) is 18.2 Å². The Morgan fingerprint density at radius 3 is 2.59 bits per heavy atom. The molecule has 0 aromatic heterocycles. The first kappa shape index (κ1) is 14.3. The molecule has 0 aliphatic heterocycles. The van der Waals surface area contributed by atoms with Crippen LogP contribution in [0.3, 0.4) is 0 Å². The largest absolute Gasteiger partial charge is 0.307 e. The molecule has 1 rings (SSSR count). The molecule has 96 valence electrons. The van der Waals surface area contributed by atoms with E-state index < -0.39 is 22.8 Å². The summed E-state index contributed by atoms with van der Waals surface area (Å²) in [5.74, 6) is 0. The minimum atomic E-state index is -3.42. The number of hydrogen-bond acceptors (Lipinski definition) is 3. The molecule has 0 amide bonds. The maximum absolute atomic E-state index is 12.0. The van der Waals surface area contributed by atoms with Gasteiger partial charge in [0, 0.05) is 23.4 Å². The molecule has 0 radical (unpaired) electrons. The predicted molar refractivity (Wildman–Crippen MR) is 62.3 cm³/mol. The Bertz CT molecular complexity index is 491. The number of benzene rings is 1. The van der Waals surface area contributed by atoms with Crippen LogP contribution in [0.1, 0.15) is 5.56 Å². The van der Waals surface area contributed by atoms with Crippen molar-refractivity contribution in [1.82, 2.24) is 5.32 Å². The second kappa shape index (κ2) is 5.75. The fourth-order valence-electron chi connectivity index (χ4n) is 1.36. The highest BCUT2D eigenvalue weighted by Gasteiger charge is 2.15. The van der Waals surface area contributed by atoms with E-state index in [1.807, 2.05) is 0 Å². The molecule has 0 aliphatic carbocycles. The molecule has 0 unspecified atom stereocenters. The van der Waals surface area contributed by atoms with E-state index in [0.29, 0.717) is 5.56 Å². The van der Waals surface area contributed by atoms with Crippen molar-refractivity contribution in [3.05, 3.63) is 28.8 Å². The smallest absolute Gasteiger partial charge is 0.250 e. The summed E-state index contributed by atoms with van der Waals surface area (Å²) in [7, 11) is -3.42. The summed E-state index contributed by atoms with van der Waals surface area (Å²) in [6.45, 7) is -0.513. The lowest BCUT2D eigenvalue weighted by atomic mass is 10.2. The first-order chi connectivity index (χ1) is 7.82. The maximum Gasteiger partial charge on any atom is 0.250 e. The molecule has 1 aromatic carbocycles. The molecule has 3 nitrogen and oxygen atoms in total. The number of hydrogen-bond donors (Lipinski definition) is 1. The number of nitrogens with one attached hydrogen (secondary N) is 1. The Kier molecular flexibility index (Phi) is 4.85. The van der Waals surface area contributed by atoms with Crippen molar-refractivity contribution in [3.63, 3.8) is 0 Å². The van der Waals surface area contributed by atoms with Crippen molar-refractivity contribution in [2.45, 2.75) is 17.9 Å². The minimum Gasteiger partial charge on any atom is -0.307 e. The molecular weight excluding hydrogens is 272 g/mol. The molecule has 0 heterocycles. The van der Waals surface area contributed by atoms with Crippen molar-refractivity contribution in [3.8, 4) is 0 Å². The van der Waals surface area contributed by atoms with E-state index in [2.05, 4.69) is 5.32 Å². The number of sulfone groups is 1. The van der Waals surface area contributed by atoms with E-state index in [9.17, 15) is 17.2 Å². The van der Waals surface area contributed by atoms with Crippen LogP contribution in [0.2, 0.25) is 5.02 Å². The van der Waals surface area contributed by atoms with Gasteiger partial charge < -0.3 is 5.32 Å². The lowest BCUT2D eigenvalue weighted by Crippen LogP contribution is -2.22. The Balaban J connectivity index is 2.97. The highest BCUT2D eigenvalue weighted by Crippen LogP contribution is 2.23. The Morgan fingerprint density at radius 1 is 1.41 bits per heavy atom. The Labute approximate surface area is 104 Å². The zero-order chi connectivity index (χ0) is 13.1. The van der Waals surface area contributed by atoms with Crippen LogP contribution in [-0.4, -0.2) is 27.6 Å². The lowest BCUT2D eigenvalue weighted by molar-refractivity contribution is 0.145. The third-order valence-corrected chi connectivity index (χ3v) is 3.61. The van der Waals surface area contributed by atoms with E-state index in [0.717, 1.165) is 6.26 Å². The van der Waals surface area contributed by atoms with Gasteiger partial charge in [-0.15, -0.1) is 0 Å². The van der Waals surface area contributed by atoms with E-state index >= 15 is 0 Å². The van der Waals surface area contributed by atoms with Gasteiger partial charge in [-0.25, -0.2) is 17.2 Å². The van der Waals surface area contributed by atoms with Gasteiger partial charge in [0.1, 0.15) is 0 Å². The van der Waals surface area contributed by atoms with Crippen LogP contribution in [-0.2, 0) is 16.4 Å². The average molecular weight is 284 g/mol. The van der Waals surface area contributed by atoms with Gasteiger partial charge in [-0.3, -0.25) is 0 Å². The molecule has 1 N–H and O–H groups in total. The van der Waals surface area contributed by atoms with E-state index in [1.54, 1.807) is 0 Å². The summed E-state index contributed by atoms with van der Waals surface area (Å²) in [5.41, 5.74) is 0.317. The molecule has 0 saturated heterocycles. The minimum absolute atomic E-state index is 0.00752. The standard InChI is InChI=1S/C10H12ClF2NO2S/c1-17(15,16)9-4-2-3-8(11)7(9)5-14-6-10(12)13/h2-4,10,14H,5-6H2,1H3. The molecule has 0 fully saturated rings. The molecule has 17 heavy (non-hydrogen) atoms. The fraction of sp³-hybridized carbons (Fsp3) is 0.400. The second-order valence-electron chi connectivity index (χ2n) is 3.51. The third-order valence-electron chi connectivity index (χ3n) is 2.08. The molecule has 0 saturated carbocycles. The second-order valence-corrected chi connectivity index (χ2v) is 5.90. The summed E-state index contributed by atoms with van der Waals surface area (Å²) in [4.78, 5) is 0.0618. The van der Waals surface area contributed by atoms with Crippen LogP contribution >= 0.6 is 11.6 Å². The Morgan fingerprint density at radius 2 is 2.06 bits per heavy atom. The Hall–Kier alpha value is -0.720. The molecule has 0 atom stereocenters. The van der Waals surface area contributed by atoms with Gasteiger partial charge >= 0.3 is 0 Å². The first-order valence-corrected chi connectivity index (χ1v) is 7.05. The van der Waals surface area contributed by atoms with Gasteiger partial charge in [-0.1, -0.05) is 17.7 Å². The summed E-state index contributed by atoms with van der Waals surface area (Å²) < 4.78 is 46.9. The molecule has 0 bridgehead atoms. The normalized spacial score (nSPS) is 12.1. The number of halogens is 3. The van der Waals surface area contributed by atoms with Gasteiger partial charge in [0.15, 0.2) is 9.84 Å². The molecule has 7 heteroatoms. The van der Waals surface area contributed by atoms with Gasteiger partial charge in [-0.05, 0) is 12.1 Å². The number of alkyl halides is 2. The molecule has 1 aromatic rings. The van der Waals surface area contributed by atoms with Crippen molar-refractivity contribution >= 4 is 21.4 Å². The van der Waals surface area contributed by atoms with Crippen molar-refractivity contribution in [1.29, 1.82) is 0 Å². The average Bonchev–Trinajstić information content (AvgIpc) is 2.18. The van der Waals surface area contributed by atoms with Gasteiger partial charge in [-0.2, -0.15) is 0 Å². The summed E-state index contributed by atoms with van der Waals surface area (Å²) in [6.07, 6.45) is -1.44. The van der Waals surface area contributed by atoms with Crippen LogP contribution in [0.5, 0.6) is 0 Å². The van der Waals surface area contributed by atoms with Crippen LogP contribution in [0.15, 0.2) is 23.1 Å². The van der Waals surface area contributed by atoms with Crippen LogP contribution in [0.4, 0.5) is 8.78 Å². The van der Waals surface area contributed by atoms with Gasteiger partial charge in [0.2, 0.25) is 0 Å². The van der Waals surface area contributed by atoms with E-state index in [-0.39, 0.29) is 16.5 Å². The molecule has 0 spiro atoms. The van der Waals surface area contributed by atoms with Gasteiger partial charge in [0.05, 0.1) is 11.4 Å². The van der Waals surface area contributed by atoms with Crippen LogP contribution < -0.4 is 5.32 Å². The summed E-state index contributed by atoms with van der Waals surface area (Å²) >= 11 is 5.86. The zero-order valence-electron chi connectivity index (χ0n) is 9.08. The maximum atomic E-state index is 12.0. The SMILES string of the molecule is CS(=O)(=O)c1cccc(Cl)c1CNCC(F)F. The fourth-order valence-corrected chi connectivity index (χ4v) is 2.62. The monoisotopic (exact) mass is 283 g/mol. The van der Waals surface area contributed by atoms with Crippen molar-refractivity contribution in [2.75, 3.05) is 12.8 Å². The molecule has 0 aliphatic rings. The topological polar surface area (TPSA) is 46.2 Å². The quantitative estimate of drug-likeness (QED) is 0.900. The lowest BCUT2D eigenvalue weighted by Gasteiger charge is -2.10. The van der Waals surface area contributed by atoms with Crippen molar-refractivity contribution in [2.24, 2.45) is 0 Å². The van der Waals surface area contributed by atoms with E-state index in [4.69, 9.17) is 11.6 Å². The predicted octanol–water partition coefficient (Wildman–Crippen LogP) is 2.10. The van der Waals surface area contributed by atoms with Gasteiger partial charge in [0.25, 0.3) is 6.43 Å². The highest BCUT2D eigenvalue weighted by molar-refractivity contribution is 7.90. The summed E-state index contributed by atoms with van der Waals surface area (Å²) in [6, 6.07) is 4.44.